The normalized spacial score (nSPS) is 19.2. The Balaban J connectivity index is 1.74. The Labute approximate surface area is 198 Å². The van der Waals surface area contributed by atoms with Crippen molar-refractivity contribution < 1.29 is 14.6 Å². The first-order valence-corrected chi connectivity index (χ1v) is 15.3. The highest BCUT2D eigenvalue weighted by atomic mass is 35.5. The second-order valence-corrected chi connectivity index (χ2v) is 15.7. The Hall–Kier alpha value is -2.48. The van der Waals surface area contributed by atoms with Gasteiger partial charge in [-0.25, -0.2) is 9.78 Å². The predicted molar refractivity (Wildman–Crippen MR) is 131 cm³/mol. The van der Waals surface area contributed by atoms with Gasteiger partial charge in [-0.05, 0) is 30.5 Å². The van der Waals surface area contributed by atoms with E-state index in [1.165, 1.54) is 5.56 Å². The molecule has 8 heteroatoms. The quantitative estimate of drug-likeness (QED) is 0.263. The Bertz CT molecular complexity index is 1370. The lowest BCUT2D eigenvalue weighted by atomic mass is 9.86. The van der Waals surface area contributed by atoms with Crippen LogP contribution in [0.25, 0.3) is 22.3 Å². The fourth-order valence-electron chi connectivity index (χ4n) is 4.93. The van der Waals surface area contributed by atoms with Gasteiger partial charge in [0.05, 0.1) is 37.1 Å². The number of para-hydroxylation sites is 1. The van der Waals surface area contributed by atoms with Crippen LogP contribution in [-0.2, 0) is 34.7 Å². The van der Waals surface area contributed by atoms with E-state index in [0.29, 0.717) is 28.9 Å². The van der Waals surface area contributed by atoms with Gasteiger partial charge in [-0.1, -0.05) is 44.3 Å². The zero-order chi connectivity index (χ0) is 23.5. The van der Waals surface area contributed by atoms with Crippen molar-refractivity contribution in [2.75, 3.05) is 5.50 Å². The van der Waals surface area contributed by atoms with Crippen molar-refractivity contribution in [1.82, 2.24) is 9.55 Å². The molecule has 0 fully saturated rings. The molecule has 0 bridgehead atoms. The van der Waals surface area contributed by atoms with Crippen molar-refractivity contribution in [3.63, 3.8) is 0 Å². The number of hydrogen-bond acceptors (Lipinski definition) is 5. The highest BCUT2D eigenvalue weighted by Gasteiger charge is 2.45. The number of pyridine rings is 2. The summed E-state index contributed by atoms with van der Waals surface area (Å²) in [7, 11) is -1.53. The maximum Gasteiger partial charge on any atom is 0.343 e. The SMILES string of the molecule is CC[C@@]1(O)C(=O)OCc2c1cc1n(c2=O)Cc2c-1nc1ccccc1c2CC[Si](C)(C)CCl. The number of hydrogen-bond donors (Lipinski definition) is 1. The molecule has 2 aromatic heterocycles. The number of esters is 1. The first-order valence-electron chi connectivity index (χ1n) is 11.3. The molecule has 0 spiro atoms. The highest BCUT2D eigenvalue weighted by Crippen LogP contribution is 2.40. The van der Waals surface area contributed by atoms with Crippen molar-refractivity contribution in [2.24, 2.45) is 0 Å². The van der Waals surface area contributed by atoms with Crippen molar-refractivity contribution in [2.45, 2.75) is 57.7 Å². The number of aliphatic hydroxyl groups is 1. The number of cyclic esters (lactones) is 1. The topological polar surface area (TPSA) is 81.4 Å². The Morgan fingerprint density at radius 1 is 1.24 bits per heavy atom. The molecular formula is C25H27ClN2O4Si. The number of halogens is 1. The summed E-state index contributed by atoms with van der Waals surface area (Å²) in [5.74, 6) is -0.708. The first-order chi connectivity index (χ1) is 15.7. The molecule has 6 nitrogen and oxygen atoms in total. The van der Waals surface area contributed by atoms with Crippen LogP contribution in [0.5, 0.6) is 0 Å². The minimum Gasteiger partial charge on any atom is -0.458 e. The van der Waals surface area contributed by atoms with E-state index in [1.807, 2.05) is 18.2 Å². The molecule has 0 amide bonds. The van der Waals surface area contributed by atoms with Gasteiger partial charge in [-0.3, -0.25) is 4.79 Å². The average Bonchev–Trinajstić information content (AvgIpc) is 3.18. The Kier molecular flexibility index (Phi) is 5.27. The standard InChI is InChI=1S/C25H27ClN2O4Si/c1-4-25(31)19-11-21-22-17(12-28(21)23(29)18(19)13-32-24(25)30)15(9-10-33(2,3)14-26)16-7-5-6-8-20(16)27-22/h5-8,11,31H,4,9-10,12-14H2,1-3H3/t25-/m0/s1. The fraction of sp³-hybridized carbons (Fsp3) is 0.400. The summed E-state index contributed by atoms with van der Waals surface area (Å²) in [4.78, 5) is 30.8. The number of fused-ring (bicyclic) bond motifs is 5. The zero-order valence-corrected chi connectivity index (χ0v) is 20.8. The van der Waals surface area contributed by atoms with Gasteiger partial charge < -0.3 is 14.4 Å². The van der Waals surface area contributed by atoms with Crippen LogP contribution in [0, 0.1) is 0 Å². The molecule has 1 aromatic carbocycles. The van der Waals surface area contributed by atoms with E-state index in [4.69, 9.17) is 21.3 Å². The summed E-state index contributed by atoms with van der Waals surface area (Å²) < 4.78 is 6.88. The van der Waals surface area contributed by atoms with Crippen LogP contribution >= 0.6 is 11.6 Å². The molecule has 2 aliphatic rings. The molecule has 172 valence electrons. The van der Waals surface area contributed by atoms with Gasteiger partial charge >= 0.3 is 5.97 Å². The monoisotopic (exact) mass is 482 g/mol. The molecule has 5 rings (SSSR count). The number of aromatic nitrogens is 2. The number of benzene rings is 1. The second kappa shape index (κ2) is 7.79. The number of alkyl halides is 1. The molecule has 0 saturated carbocycles. The molecule has 1 N–H and O–H groups in total. The first kappa shape index (κ1) is 22.3. The lowest BCUT2D eigenvalue weighted by Gasteiger charge is -2.31. The number of aryl methyl sites for hydroxylation is 1. The third-order valence-electron chi connectivity index (χ3n) is 7.13. The van der Waals surface area contributed by atoms with Crippen LogP contribution < -0.4 is 5.56 Å². The Morgan fingerprint density at radius 2 is 2.00 bits per heavy atom. The molecule has 3 aromatic rings. The van der Waals surface area contributed by atoms with E-state index < -0.39 is 19.6 Å². The van der Waals surface area contributed by atoms with E-state index in [2.05, 4.69) is 19.2 Å². The van der Waals surface area contributed by atoms with Crippen molar-refractivity contribution in [3.8, 4) is 11.4 Å². The van der Waals surface area contributed by atoms with Crippen LogP contribution in [0.15, 0.2) is 35.1 Å². The van der Waals surface area contributed by atoms with Gasteiger partial charge in [0.25, 0.3) is 5.56 Å². The van der Waals surface area contributed by atoms with Crippen molar-refractivity contribution >= 4 is 36.5 Å². The zero-order valence-electron chi connectivity index (χ0n) is 19.1. The smallest absolute Gasteiger partial charge is 0.343 e. The fourth-order valence-corrected chi connectivity index (χ4v) is 6.39. The van der Waals surface area contributed by atoms with Gasteiger partial charge in [0.2, 0.25) is 0 Å². The van der Waals surface area contributed by atoms with Gasteiger partial charge in [0, 0.05) is 22.0 Å². The summed E-state index contributed by atoms with van der Waals surface area (Å²) in [6.45, 7) is 6.59. The molecule has 0 unspecified atom stereocenters. The van der Waals surface area contributed by atoms with Crippen LogP contribution in [-0.4, -0.2) is 34.2 Å². The van der Waals surface area contributed by atoms with Gasteiger partial charge in [-0.2, -0.15) is 0 Å². The summed E-state index contributed by atoms with van der Waals surface area (Å²) in [5, 5.41) is 12.2. The van der Waals surface area contributed by atoms with Crippen molar-refractivity contribution in [1.29, 1.82) is 0 Å². The summed E-state index contributed by atoms with van der Waals surface area (Å²) in [5.41, 5.74) is 3.87. The van der Waals surface area contributed by atoms with E-state index in [9.17, 15) is 14.7 Å². The summed E-state index contributed by atoms with van der Waals surface area (Å²) >= 11 is 6.25. The third kappa shape index (κ3) is 3.36. The number of carbonyl (C=O) groups excluding carboxylic acids is 1. The number of carbonyl (C=O) groups is 1. The number of ether oxygens (including phenoxy) is 1. The molecule has 0 saturated heterocycles. The molecule has 1 atom stereocenters. The maximum absolute atomic E-state index is 13.5. The molecule has 4 heterocycles. The molecule has 0 aliphatic carbocycles. The predicted octanol–water partition coefficient (Wildman–Crippen LogP) is 4.11. The molecule has 0 radical (unpaired) electrons. The average molecular weight is 483 g/mol. The van der Waals surface area contributed by atoms with Gasteiger partial charge in [0.1, 0.15) is 6.61 Å². The van der Waals surface area contributed by atoms with E-state index in [0.717, 1.165) is 34.6 Å². The van der Waals surface area contributed by atoms with E-state index >= 15 is 0 Å². The van der Waals surface area contributed by atoms with Crippen LogP contribution in [0.4, 0.5) is 0 Å². The number of rotatable bonds is 5. The highest BCUT2D eigenvalue weighted by molar-refractivity contribution is 6.83. The molecule has 2 aliphatic heterocycles. The Morgan fingerprint density at radius 3 is 2.73 bits per heavy atom. The third-order valence-corrected chi connectivity index (χ3v) is 11.6. The van der Waals surface area contributed by atoms with Crippen LogP contribution in [0.3, 0.4) is 0 Å². The molecular weight excluding hydrogens is 456 g/mol. The van der Waals surface area contributed by atoms with Gasteiger partial charge in [0.15, 0.2) is 5.60 Å². The van der Waals surface area contributed by atoms with Crippen LogP contribution in [0.1, 0.15) is 35.6 Å². The van der Waals surface area contributed by atoms with Crippen molar-refractivity contribution in [3.05, 3.63) is 62.9 Å². The maximum atomic E-state index is 13.5. The number of nitrogens with zero attached hydrogens (tertiary/aromatic N) is 2. The molecule has 33 heavy (non-hydrogen) atoms. The van der Waals surface area contributed by atoms with E-state index in [1.54, 1.807) is 17.6 Å². The minimum atomic E-state index is -1.82. The van der Waals surface area contributed by atoms with E-state index in [-0.39, 0.29) is 18.6 Å². The van der Waals surface area contributed by atoms with Crippen LogP contribution in [0.2, 0.25) is 19.1 Å². The lowest BCUT2D eigenvalue weighted by molar-refractivity contribution is -0.172. The largest absolute Gasteiger partial charge is 0.458 e. The second-order valence-electron chi connectivity index (χ2n) is 9.84. The lowest BCUT2D eigenvalue weighted by Crippen LogP contribution is -2.44. The van der Waals surface area contributed by atoms with Gasteiger partial charge in [-0.15, -0.1) is 11.6 Å². The summed E-state index contributed by atoms with van der Waals surface area (Å²) in [6.07, 6.45) is 1.00. The minimum absolute atomic E-state index is 0.121. The summed E-state index contributed by atoms with van der Waals surface area (Å²) in [6, 6.07) is 10.9.